The maximum atomic E-state index is 12.2. The van der Waals surface area contributed by atoms with Gasteiger partial charge in [0.25, 0.3) is 0 Å². The van der Waals surface area contributed by atoms with E-state index in [2.05, 4.69) is 20.3 Å². The maximum Gasteiger partial charge on any atom is 0.230 e. The number of hydrogen-bond donors (Lipinski definition) is 1. The summed E-state index contributed by atoms with van der Waals surface area (Å²) >= 11 is 1.71. The number of amides is 1. The van der Waals surface area contributed by atoms with Gasteiger partial charge in [-0.15, -0.1) is 11.3 Å². The van der Waals surface area contributed by atoms with Crippen LogP contribution in [0.25, 0.3) is 0 Å². The van der Waals surface area contributed by atoms with Gasteiger partial charge in [0.1, 0.15) is 10.8 Å². The van der Waals surface area contributed by atoms with E-state index in [1.165, 1.54) is 5.01 Å². The van der Waals surface area contributed by atoms with Gasteiger partial charge in [-0.25, -0.2) is 9.67 Å². The summed E-state index contributed by atoms with van der Waals surface area (Å²) in [5, 5.41) is 10.7. The summed E-state index contributed by atoms with van der Waals surface area (Å²) in [5.74, 6) is 0.818. The first-order chi connectivity index (χ1) is 11.4. The van der Waals surface area contributed by atoms with E-state index in [9.17, 15) is 4.79 Å². The fourth-order valence-corrected chi connectivity index (χ4v) is 3.51. The molecule has 1 aliphatic rings. The summed E-state index contributed by atoms with van der Waals surface area (Å²) in [4.78, 5) is 19.0. The number of aromatic nitrogens is 3. The van der Waals surface area contributed by atoms with Crippen LogP contribution in [-0.2, 0) is 11.3 Å². The number of anilines is 1. The van der Waals surface area contributed by atoms with E-state index in [1.807, 2.05) is 43.1 Å². The molecule has 130 valence electrons. The molecule has 0 aromatic carbocycles. The number of likely N-dealkylation sites (tertiary alicyclic amines) is 1. The summed E-state index contributed by atoms with van der Waals surface area (Å²) < 4.78 is 1.98. The quantitative estimate of drug-likeness (QED) is 0.923. The highest BCUT2D eigenvalue weighted by molar-refractivity contribution is 7.09. The van der Waals surface area contributed by atoms with Gasteiger partial charge < -0.3 is 5.32 Å². The van der Waals surface area contributed by atoms with Gasteiger partial charge in [0.05, 0.1) is 18.8 Å². The Labute approximate surface area is 146 Å². The minimum Gasteiger partial charge on any atom is -0.310 e. The van der Waals surface area contributed by atoms with Crippen LogP contribution >= 0.6 is 11.3 Å². The highest BCUT2D eigenvalue weighted by Gasteiger charge is 2.26. The molecule has 0 spiro atoms. The number of carbonyl (C=O) groups is 1. The number of rotatable bonds is 4. The average molecular weight is 347 g/mol. The lowest BCUT2D eigenvalue weighted by atomic mass is 9.96. The highest BCUT2D eigenvalue weighted by Crippen LogP contribution is 2.27. The van der Waals surface area contributed by atoms with Crippen LogP contribution in [0.1, 0.15) is 44.7 Å². The van der Waals surface area contributed by atoms with Gasteiger partial charge in [-0.2, -0.15) is 5.10 Å². The second-order valence-electron chi connectivity index (χ2n) is 7.30. The highest BCUT2D eigenvalue weighted by atomic mass is 32.1. The Balaban J connectivity index is 1.59. The van der Waals surface area contributed by atoms with Crippen LogP contribution in [-0.4, -0.2) is 38.7 Å². The zero-order chi connectivity index (χ0) is 17.2. The molecule has 0 radical (unpaired) electrons. The summed E-state index contributed by atoms with van der Waals surface area (Å²) in [7, 11) is 0. The summed E-state index contributed by atoms with van der Waals surface area (Å²) in [6.07, 6.45) is 5.69. The van der Waals surface area contributed by atoms with Crippen molar-refractivity contribution >= 4 is 23.1 Å². The van der Waals surface area contributed by atoms with Crippen LogP contribution in [0, 0.1) is 5.41 Å². The summed E-state index contributed by atoms with van der Waals surface area (Å²) in [6, 6.07) is 2.22. The first-order valence-corrected chi connectivity index (χ1v) is 9.27. The van der Waals surface area contributed by atoms with E-state index < -0.39 is 5.41 Å². The zero-order valence-electron chi connectivity index (χ0n) is 14.5. The summed E-state index contributed by atoms with van der Waals surface area (Å²) in [6.45, 7) is 8.73. The topological polar surface area (TPSA) is 63.1 Å². The number of thiazole rings is 1. The van der Waals surface area contributed by atoms with Crippen molar-refractivity contribution in [2.45, 2.75) is 46.2 Å². The lowest BCUT2D eigenvalue weighted by molar-refractivity contribution is -0.123. The molecule has 2 aromatic rings. The third kappa shape index (κ3) is 4.02. The molecule has 1 aliphatic heterocycles. The number of piperidine rings is 1. The first-order valence-electron chi connectivity index (χ1n) is 8.39. The second kappa shape index (κ2) is 7.03. The first kappa shape index (κ1) is 17.1. The molecule has 24 heavy (non-hydrogen) atoms. The van der Waals surface area contributed by atoms with E-state index in [0.717, 1.165) is 38.3 Å². The van der Waals surface area contributed by atoms with Crippen molar-refractivity contribution in [2.75, 3.05) is 18.4 Å². The molecular formula is C17H25N5OS. The number of nitrogens with zero attached hydrogens (tertiary/aromatic N) is 4. The van der Waals surface area contributed by atoms with Crippen molar-refractivity contribution in [3.8, 4) is 0 Å². The monoisotopic (exact) mass is 347 g/mol. The van der Waals surface area contributed by atoms with Gasteiger partial charge in [0, 0.05) is 36.1 Å². The molecule has 0 atom stereocenters. The van der Waals surface area contributed by atoms with Gasteiger partial charge in [-0.3, -0.25) is 9.69 Å². The molecule has 1 amide bonds. The Bertz CT molecular complexity index is 665. The average Bonchev–Trinajstić information content (AvgIpc) is 3.19. The van der Waals surface area contributed by atoms with Gasteiger partial charge in [0.2, 0.25) is 5.91 Å². The minimum absolute atomic E-state index is 0.0189. The van der Waals surface area contributed by atoms with Gasteiger partial charge in [-0.05, 0) is 12.8 Å². The van der Waals surface area contributed by atoms with Crippen LogP contribution in [0.4, 0.5) is 5.82 Å². The molecule has 3 heterocycles. The van der Waals surface area contributed by atoms with E-state index in [4.69, 9.17) is 0 Å². The molecule has 0 unspecified atom stereocenters. The van der Waals surface area contributed by atoms with E-state index in [1.54, 1.807) is 17.5 Å². The van der Waals surface area contributed by atoms with Crippen molar-refractivity contribution in [3.05, 3.63) is 28.8 Å². The van der Waals surface area contributed by atoms with Crippen LogP contribution in [0.15, 0.2) is 23.8 Å². The van der Waals surface area contributed by atoms with Crippen LogP contribution in [0.2, 0.25) is 0 Å². The normalized spacial score (nSPS) is 17.1. The number of carbonyl (C=O) groups excluding carboxylic acids is 1. The molecular weight excluding hydrogens is 322 g/mol. The molecule has 3 rings (SSSR count). The molecule has 0 bridgehead atoms. The third-order valence-corrected chi connectivity index (χ3v) is 5.10. The largest absolute Gasteiger partial charge is 0.310 e. The SMILES string of the molecule is CC(C)(C)C(=O)Nc1ccnn1C1CCN(Cc2nccs2)CC1. The van der Waals surface area contributed by atoms with E-state index in [0.29, 0.717) is 6.04 Å². The van der Waals surface area contributed by atoms with Crippen molar-refractivity contribution in [1.82, 2.24) is 19.7 Å². The number of nitrogens with one attached hydrogen (secondary N) is 1. The number of hydrogen-bond acceptors (Lipinski definition) is 5. The minimum atomic E-state index is -0.411. The molecule has 0 saturated carbocycles. The predicted molar refractivity (Wildman–Crippen MR) is 96.0 cm³/mol. The van der Waals surface area contributed by atoms with Crippen molar-refractivity contribution in [2.24, 2.45) is 5.41 Å². The van der Waals surface area contributed by atoms with Gasteiger partial charge in [0.15, 0.2) is 0 Å². The molecule has 1 N–H and O–H groups in total. The Morgan fingerprint density at radius 1 is 1.33 bits per heavy atom. The van der Waals surface area contributed by atoms with Crippen molar-refractivity contribution in [3.63, 3.8) is 0 Å². The van der Waals surface area contributed by atoms with Crippen LogP contribution < -0.4 is 5.32 Å². The van der Waals surface area contributed by atoms with E-state index in [-0.39, 0.29) is 5.91 Å². The Morgan fingerprint density at radius 2 is 2.08 bits per heavy atom. The fourth-order valence-electron chi connectivity index (χ4n) is 2.85. The standard InChI is InChI=1S/C17H25N5OS/c1-17(2,3)16(23)20-14-4-7-19-22(14)13-5-9-21(10-6-13)12-15-18-8-11-24-15/h4,7-8,11,13H,5-6,9-10,12H2,1-3H3,(H,20,23). The Hall–Kier alpha value is -1.73. The Kier molecular flexibility index (Phi) is 5.01. The molecule has 7 heteroatoms. The fraction of sp³-hybridized carbons (Fsp3) is 0.588. The van der Waals surface area contributed by atoms with Crippen molar-refractivity contribution in [1.29, 1.82) is 0 Å². The van der Waals surface area contributed by atoms with Crippen molar-refractivity contribution < 1.29 is 4.79 Å². The second-order valence-corrected chi connectivity index (χ2v) is 8.28. The molecule has 1 saturated heterocycles. The smallest absolute Gasteiger partial charge is 0.230 e. The predicted octanol–water partition coefficient (Wildman–Crippen LogP) is 3.16. The summed E-state index contributed by atoms with van der Waals surface area (Å²) in [5.41, 5.74) is -0.411. The zero-order valence-corrected chi connectivity index (χ0v) is 15.3. The maximum absolute atomic E-state index is 12.2. The van der Waals surface area contributed by atoms with E-state index >= 15 is 0 Å². The van der Waals surface area contributed by atoms with Crippen LogP contribution in [0.3, 0.4) is 0 Å². The molecule has 6 nitrogen and oxygen atoms in total. The lowest BCUT2D eigenvalue weighted by Crippen LogP contribution is -2.35. The lowest BCUT2D eigenvalue weighted by Gasteiger charge is -2.32. The molecule has 0 aliphatic carbocycles. The van der Waals surface area contributed by atoms with Gasteiger partial charge >= 0.3 is 0 Å². The molecule has 2 aromatic heterocycles. The van der Waals surface area contributed by atoms with Crippen LogP contribution in [0.5, 0.6) is 0 Å². The third-order valence-electron chi connectivity index (χ3n) is 4.34. The van der Waals surface area contributed by atoms with Gasteiger partial charge in [-0.1, -0.05) is 20.8 Å². The molecule has 1 fully saturated rings. The Morgan fingerprint density at radius 3 is 2.71 bits per heavy atom.